The highest BCUT2D eigenvalue weighted by Gasteiger charge is 2.10. The molecule has 6 heteroatoms. The SMILES string of the molecule is COc1ccc(C#N)cc1COc1cc(Cl)c(Br)cc1Cl. The number of nitrogens with zero attached hydrogens (tertiary/aromatic N) is 1. The molecule has 0 saturated heterocycles. The molecule has 0 atom stereocenters. The van der Waals surface area contributed by atoms with Crippen LogP contribution in [0.25, 0.3) is 0 Å². The van der Waals surface area contributed by atoms with Crippen LogP contribution in [-0.2, 0) is 6.61 Å². The highest BCUT2D eigenvalue weighted by molar-refractivity contribution is 9.10. The van der Waals surface area contributed by atoms with Gasteiger partial charge < -0.3 is 9.47 Å². The van der Waals surface area contributed by atoms with E-state index >= 15 is 0 Å². The largest absolute Gasteiger partial charge is 0.496 e. The van der Waals surface area contributed by atoms with Crippen LogP contribution < -0.4 is 9.47 Å². The van der Waals surface area contributed by atoms with Gasteiger partial charge in [-0.25, -0.2) is 0 Å². The molecule has 0 saturated carbocycles. The van der Waals surface area contributed by atoms with Gasteiger partial charge in [-0.2, -0.15) is 5.26 Å². The van der Waals surface area contributed by atoms with Crippen molar-refractivity contribution < 1.29 is 9.47 Å². The van der Waals surface area contributed by atoms with Crippen molar-refractivity contribution >= 4 is 39.1 Å². The lowest BCUT2D eigenvalue weighted by Crippen LogP contribution is -2.00. The molecule has 0 aliphatic carbocycles. The van der Waals surface area contributed by atoms with Crippen molar-refractivity contribution in [2.75, 3.05) is 7.11 Å². The van der Waals surface area contributed by atoms with Crippen molar-refractivity contribution in [3.63, 3.8) is 0 Å². The van der Waals surface area contributed by atoms with Crippen molar-refractivity contribution in [1.29, 1.82) is 5.26 Å². The van der Waals surface area contributed by atoms with E-state index in [4.69, 9.17) is 37.9 Å². The predicted octanol–water partition coefficient (Wildman–Crippen LogP) is 5.22. The van der Waals surface area contributed by atoms with Gasteiger partial charge in [-0.05, 0) is 40.2 Å². The topological polar surface area (TPSA) is 42.2 Å². The molecule has 0 heterocycles. The number of ether oxygens (including phenoxy) is 2. The molecule has 0 aromatic heterocycles. The van der Waals surface area contributed by atoms with Crippen LogP contribution in [0.4, 0.5) is 0 Å². The highest BCUT2D eigenvalue weighted by atomic mass is 79.9. The van der Waals surface area contributed by atoms with Crippen LogP contribution in [0.5, 0.6) is 11.5 Å². The van der Waals surface area contributed by atoms with E-state index in [9.17, 15) is 0 Å². The molecule has 0 unspecified atom stereocenters. The van der Waals surface area contributed by atoms with Gasteiger partial charge in [-0.3, -0.25) is 0 Å². The molecular weight excluding hydrogens is 377 g/mol. The van der Waals surface area contributed by atoms with Gasteiger partial charge in [0.15, 0.2) is 0 Å². The second-order valence-corrected chi connectivity index (χ2v) is 5.79. The van der Waals surface area contributed by atoms with Crippen molar-refractivity contribution in [2.45, 2.75) is 6.61 Å². The second kappa shape index (κ2) is 7.04. The van der Waals surface area contributed by atoms with Gasteiger partial charge in [-0.15, -0.1) is 0 Å². The Labute approximate surface area is 141 Å². The van der Waals surface area contributed by atoms with Gasteiger partial charge in [0.25, 0.3) is 0 Å². The Balaban J connectivity index is 2.24. The Morgan fingerprint density at radius 1 is 1.14 bits per heavy atom. The molecule has 108 valence electrons. The molecule has 2 rings (SSSR count). The van der Waals surface area contributed by atoms with Crippen molar-refractivity contribution in [3.05, 3.63) is 56.0 Å². The summed E-state index contributed by atoms with van der Waals surface area (Å²) in [6.07, 6.45) is 0. The van der Waals surface area contributed by atoms with E-state index in [1.807, 2.05) is 0 Å². The maximum absolute atomic E-state index is 8.95. The molecule has 2 aromatic carbocycles. The van der Waals surface area contributed by atoms with E-state index in [1.165, 1.54) is 0 Å². The predicted molar refractivity (Wildman–Crippen MR) is 86.2 cm³/mol. The number of benzene rings is 2. The summed E-state index contributed by atoms with van der Waals surface area (Å²) in [5.41, 5.74) is 1.29. The molecule has 0 fully saturated rings. The fourth-order valence-electron chi connectivity index (χ4n) is 1.73. The summed E-state index contributed by atoms with van der Waals surface area (Å²) in [6, 6.07) is 10.5. The third kappa shape index (κ3) is 3.82. The standard InChI is InChI=1S/C15H10BrCl2NO2/c1-20-14-3-2-9(7-19)4-10(14)8-21-15-6-12(17)11(16)5-13(15)18/h2-6H,8H2,1H3. The minimum atomic E-state index is 0.219. The van der Waals surface area contributed by atoms with E-state index in [-0.39, 0.29) is 6.61 Å². The van der Waals surface area contributed by atoms with Crippen LogP contribution in [-0.4, -0.2) is 7.11 Å². The Hall–Kier alpha value is -1.41. The van der Waals surface area contributed by atoms with Crippen LogP contribution in [0.1, 0.15) is 11.1 Å². The van der Waals surface area contributed by atoms with E-state index < -0.39 is 0 Å². The molecule has 0 amide bonds. The van der Waals surface area contributed by atoms with Crippen molar-refractivity contribution in [3.8, 4) is 17.6 Å². The molecule has 0 aliphatic rings. The van der Waals surface area contributed by atoms with Gasteiger partial charge in [0.2, 0.25) is 0 Å². The van der Waals surface area contributed by atoms with Gasteiger partial charge >= 0.3 is 0 Å². The van der Waals surface area contributed by atoms with E-state index in [0.29, 0.717) is 31.6 Å². The van der Waals surface area contributed by atoms with E-state index in [2.05, 4.69) is 22.0 Å². The lowest BCUT2D eigenvalue weighted by atomic mass is 10.1. The summed E-state index contributed by atoms with van der Waals surface area (Å²) in [6.45, 7) is 0.219. The first-order valence-electron chi connectivity index (χ1n) is 5.89. The zero-order valence-corrected chi connectivity index (χ0v) is 14.1. The molecule has 0 aliphatic heterocycles. The summed E-state index contributed by atoms with van der Waals surface area (Å²) in [5, 5.41) is 9.90. The Morgan fingerprint density at radius 3 is 2.57 bits per heavy atom. The normalized spacial score (nSPS) is 10.0. The number of halogens is 3. The van der Waals surface area contributed by atoms with Crippen LogP contribution in [0.2, 0.25) is 10.0 Å². The van der Waals surface area contributed by atoms with Crippen molar-refractivity contribution in [1.82, 2.24) is 0 Å². The summed E-state index contributed by atoms with van der Waals surface area (Å²) in [4.78, 5) is 0. The second-order valence-electron chi connectivity index (χ2n) is 4.12. The number of hydrogen-bond acceptors (Lipinski definition) is 3. The molecule has 0 bridgehead atoms. The zero-order valence-electron chi connectivity index (χ0n) is 11.0. The fraction of sp³-hybridized carbons (Fsp3) is 0.133. The summed E-state index contributed by atoms with van der Waals surface area (Å²) >= 11 is 15.4. The number of rotatable bonds is 4. The van der Waals surface area contributed by atoms with Crippen LogP contribution in [0, 0.1) is 11.3 Å². The zero-order chi connectivity index (χ0) is 15.4. The van der Waals surface area contributed by atoms with Crippen LogP contribution in [0.15, 0.2) is 34.8 Å². The van der Waals surface area contributed by atoms with Crippen molar-refractivity contribution in [2.24, 2.45) is 0 Å². The molecule has 0 N–H and O–H groups in total. The van der Waals surface area contributed by atoms with Gasteiger partial charge in [0, 0.05) is 16.1 Å². The minimum absolute atomic E-state index is 0.219. The van der Waals surface area contributed by atoms with Crippen LogP contribution >= 0.6 is 39.1 Å². The maximum atomic E-state index is 8.95. The number of methoxy groups -OCH3 is 1. The summed E-state index contributed by atoms with van der Waals surface area (Å²) < 4.78 is 11.6. The fourth-order valence-corrected chi connectivity index (χ4v) is 2.58. The molecular formula is C15H10BrCl2NO2. The number of hydrogen-bond donors (Lipinski definition) is 0. The first-order valence-corrected chi connectivity index (χ1v) is 7.44. The van der Waals surface area contributed by atoms with Gasteiger partial charge in [-0.1, -0.05) is 23.2 Å². The average Bonchev–Trinajstić information content (AvgIpc) is 2.49. The van der Waals surface area contributed by atoms with Gasteiger partial charge in [0.1, 0.15) is 18.1 Å². The summed E-state index contributed by atoms with van der Waals surface area (Å²) in [5.74, 6) is 1.11. The van der Waals surface area contributed by atoms with E-state index in [0.717, 1.165) is 5.56 Å². The third-order valence-corrected chi connectivity index (χ3v) is 4.26. The Morgan fingerprint density at radius 2 is 1.90 bits per heavy atom. The molecule has 0 spiro atoms. The van der Waals surface area contributed by atoms with Crippen LogP contribution in [0.3, 0.4) is 0 Å². The lowest BCUT2D eigenvalue weighted by molar-refractivity contribution is 0.297. The first kappa shape index (κ1) is 16.0. The quantitative estimate of drug-likeness (QED) is 0.677. The Bertz CT molecular complexity index is 714. The van der Waals surface area contributed by atoms with Gasteiger partial charge in [0.05, 0.1) is 28.8 Å². The molecule has 2 aromatic rings. The third-order valence-electron chi connectivity index (χ3n) is 2.77. The maximum Gasteiger partial charge on any atom is 0.139 e. The summed E-state index contributed by atoms with van der Waals surface area (Å²) in [7, 11) is 1.56. The molecule has 3 nitrogen and oxygen atoms in total. The smallest absolute Gasteiger partial charge is 0.139 e. The Kier molecular flexibility index (Phi) is 5.35. The molecule has 0 radical (unpaired) electrons. The first-order chi connectivity index (χ1) is 10.0. The lowest BCUT2D eigenvalue weighted by Gasteiger charge is -2.12. The highest BCUT2D eigenvalue weighted by Crippen LogP contribution is 2.35. The average molecular weight is 387 g/mol. The monoisotopic (exact) mass is 385 g/mol. The number of nitriles is 1. The minimum Gasteiger partial charge on any atom is -0.496 e. The molecule has 21 heavy (non-hydrogen) atoms. The van der Waals surface area contributed by atoms with E-state index in [1.54, 1.807) is 37.4 Å².